The molecule has 2 rings (SSSR count). The van der Waals surface area contributed by atoms with Crippen LogP contribution in [-0.2, 0) is 22.6 Å². The molecule has 1 heterocycles. The van der Waals surface area contributed by atoms with Gasteiger partial charge in [0.25, 0.3) is 0 Å². The van der Waals surface area contributed by atoms with E-state index in [1.54, 1.807) is 7.11 Å². The summed E-state index contributed by atoms with van der Waals surface area (Å²) in [5.41, 5.74) is 5.61. The van der Waals surface area contributed by atoms with Crippen LogP contribution in [0.1, 0.15) is 22.5 Å². The standard InChI is InChI=1S/C16H23N3O2/c1-12-16(13(2)19-18-12)10-17-15-6-4-5-14(9-15)11-21-8-7-20-3/h4-6,9,17H,7-8,10-11H2,1-3H3,(H,18,19). The van der Waals surface area contributed by atoms with E-state index in [1.165, 1.54) is 5.56 Å². The molecule has 1 aromatic carbocycles. The number of hydrogen-bond acceptors (Lipinski definition) is 4. The van der Waals surface area contributed by atoms with Crippen molar-refractivity contribution >= 4 is 5.69 Å². The van der Waals surface area contributed by atoms with Crippen LogP contribution in [0.2, 0.25) is 0 Å². The van der Waals surface area contributed by atoms with Crippen LogP contribution in [0.4, 0.5) is 5.69 Å². The average molecular weight is 289 g/mol. The van der Waals surface area contributed by atoms with Crippen LogP contribution in [0.3, 0.4) is 0 Å². The Bertz CT molecular complexity index is 547. The lowest BCUT2D eigenvalue weighted by atomic mass is 10.1. The summed E-state index contributed by atoms with van der Waals surface area (Å²) in [5.74, 6) is 0. The maximum Gasteiger partial charge on any atom is 0.0718 e. The summed E-state index contributed by atoms with van der Waals surface area (Å²) in [4.78, 5) is 0. The van der Waals surface area contributed by atoms with Gasteiger partial charge in [-0.25, -0.2) is 0 Å². The maximum atomic E-state index is 5.54. The van der Waals surface area contributed by atoms with Gasteiger partial charge in [0.05, 0.1) is 25.5 Å². The Morgan fingerprint density at radius 3 is 2.81 bits per heavy atom. The number of rotatable bonds is 8. The van der Waals surface area contributed by atoms with Crippen molar-refractivity contribution in [3.63, 3.8) is 0 Å². The van der Waals surface area contributed by atoms with Crippen molar-refractivity contribution in [2.24, 2.45) is 0 Å². The predicted molar refractivity (Wildman–Crippen MR) is 83.4 cm³/mol. The van der Waals surface area contributed by atoms with E-state index in [0.717, 1.165) is 29.2 Å². The van der Waals surface area contributed by atoms with E-state index in [-0.39, 0.29) is 0 Å². The molecule has 5 nitrogen and oxygen atoms in total. The molecular formula is C16H23N3O2. The fourth-order valence-corrected chi connectivity index (χ4v) is 2.13. The lowest BCUT2D eigenvalue weighted by Gasteiger charge is -2.09. The van der Waals surface area contributed by atoms with Crippen molar-refractivity contribution in [1.29, 1.82) is 0 Å². The van der Waals surface area contributed by atoms with Gasteiger partial charge in [-0.15, -0.1) is 0 Å². The van der Waals surface area contributed by atoms with Crippen LogP contribution >= 0.6 is 0 Å². The molecule has 21 heavy (non-hydrogen) atoms. The molecule has 114 valence electrons. The third kappa shape index (κ3) is 4.58. The van der Waals surface area contributed by atoms with Crippen LogP contribution in [0.15, 0.2) is 24.3 Å². The number of aromatic amines is 1. The second-order valence-corrected chi connectivity index (χ2v) is 5.01. The van der Waals surface area contributed by atoms with Crippen molar-refractivity contribution in [3.05, 3.63) is 46.8 Å². The van der Waals surface area contributed by atoms with Gasteiger partial charge in [-0.2, -0.15) is 5.10 Å². The fourth-order valence-electron chi connectivity index (χ4n) is 2.13. The normalized spacial score (nSPS) is 10.8. The molecule has 0 saturated heterocycles. The summed E-state index contributed by atoms with van der Waals surface area (Å²) in [6.07, 6.45) is 0. The second-order valence-electron chi connectivity index (χ2n) is 5.01. The number of H-pyrrole nitrogens is 1. The highest BCUT2D eigenvalue weighted by Gasteiger charge is 2.05. The highest BCUT2D eigenvalue weighted by molar-refractivity contribution is 5.46. The number of anilines is 1. The third-order valence-electron chi connectivity index (χ3n) is 3.38. The molecule has 0 saturated carbocycles. The molecule has 2 aromatic rings. The quantitative estimate of drug-likeness (QED) is 0.734. The predicted octanol–water partition coefficient (Wildman–Crippen LogP) is 2.80. The Hall–Kier alpha value is -1.85. The lowest BCUT2D eigenvalue weighted by molar-refractivity contribution is 0.0617. The Labute approximate surface area is 125 Å². The van der Waals surface area contributed by atoms with Crippen molar-refractivity contribution in [2.45, 2.75) is 27.0 Å². The molecule has 0 aliphatic carbocycles. The molecule has 0 aliphatic rings. The van der Waals surface area contributed by atoms with Gasteiger partial charge in [0.1, 0.15) is 0 Å². The molecular weight excluding hydrogens is 266 g/mol. The lowest BCUT2D eigenvalue weighted by Crippen LogP contribution is -2.04. The minimum Gasteiger partial charge on any atom is -0.382 e. The van der Waals surface area contributed by atoms with Crippen molar-refractivity contribution in [2.75, 3.05) is 25.6 Å². The summed E-state index contributed by atoms with van der Waals surface area (Å²) in [5, 5.41) is 10.6. The van der Waals surface area contributed by atoms with Gasteiger partial charge in [-0.05, 0) is 31.5 Å². The Kier molecular flexibility index (Phi) is 5.78. The Morgan fingerprint density at radius 2 is 2.10 bits per heavy atom. The molecule has 0 atom stereocenters. The van der Waals surface area contributed by atoms with Crippen LogP contribution < -0.4 is 5.32 Å². The van der Waals surface area contributed by atoms with E-state index in [0.29, 0.717) is 19.8 Å². The van der Waals surface area contributed by atoms with Crippen LogP contribution in [0, 0.1) is 13.8 Å². The van der Waals surface area contributed by atoms with Crippen LogP contribution in [0.25, 0.3) is 0 Å². The third-order valence-corrected chi connectivity index (χ3v) is 3.38. The average Bonchev–Trinajstić information content (AvgIpc) is 2.81. The molecule has 0 bridgehead atoms. The molecule has 1 aromatic heterocycles. The molecule has 0 radical (unpaired) electrons. The van der Waals surface area contributed by atoms with Gasteiger partial charge >= 0.3 is 0 Å². The second kappa shape index (κ2) is 7.81. The fraction of sp³-hybridized carbons (Fsp3) is 0.438. The van der Waals surface area contributed by atoms with Gasteiger partial charge in [0, 0.05) is 30.6 Å². The first-order chi connectivity index (χ1) is 10.2. The van der Waals surface area contributed by atoms with Crippen LogP contribution in [0.5, 0.6) is 0 Å². The minimum atomic E-state index is 0.600. The number of aromatic nitrogens is 2. The van der Waals surface area contributed by atoms with E-state index in [9.17, 15) is 0 Å². The summed E-state index contributed by atoms with van der Waals surface area (Å²) in [6.45, 7) is 6.65. The molecule has 2 N–H and O–H groups in total. The first-order valence-corrected chi connectivity index (χ1v) is 7.10. The van der Waals surface area contributed by atoms with Crippen molar-refractivity contribution in [3.8, 4) is 0 Å². The Morgan fingerprint density at radius 1 is 1.24 bits per heavy atom. The summed E-state index contributed by atoms with van der Waals surface area (Å²) < 4.78 is 10.5. The van der Waals surface area contributed by atoms with E-state index in [1.807, 2.05) is 19.9 Å². The first kappa shape index (κ1) is 15.5. The first-order valence-electron chi connectivity index (χ1n) is 7.10. The molecule has 0 fully saturated rings. The molecule has 0 amide bonds. The number of nitrogens with one attached hydrogen (secondary N) is 2. The van der Waals surface area contributed by atoms with E-state index < -0.39 is 0 Å². The Balaban J connectivity index is 1.89. The smallest absolute Gasteiger partial charge is 0.0718 e. The van der Waals surface area contributed by atoms with Gasteiger partial charge in [0.15, 0.2) is 0 Å². The van der Waals surface area contributed by atoms with Gasteiger partial charge in [0.2, 0.25) is 0 Å². The number of nitrogens with zero attached hydrogens (tertiary/aromatic N) is 1. The van der Waals surface area contributed by atoms with E-state index in [2.05, 4.69) is 33.7 Å². The SMILES string of the molecule is COCCOCc1cccc(NCc2c(C)n[nH]c2C)c1. The van der Waals surface area contributed by atoms with E-state index in [4.69, 9.17) is 9.47 Å². The van der Waals surface area contributed by atoms with E-state index >= 15 is 0 Å². The van der Waals surface area contributed by atoms with Crippen molar-refractivity contribution in [1.82, 2.24) is 10.2 Å². The number of benzene rings is 1. The molecule has 5 heteroatoms. The topological polar surface area (TPSA) is 59.2 Å². The minimum absolute atomic E-state index is 0.600. The zero-order valence-electron chi connectivity index (χ0n) is 12.9. The number of aryl methyl sites for hydroxylation is 2. The molecule has 0 aliphatic heterocycles. The zero-order valence-corrected chi connectivity index (χ0v) is 12.9. The van der Waals surface area contributed by atoms with Crippen molar-refractivity contribution < 1.29 is 9.47 Å². The molecule has 0 spiro atoms. The van der Waals surface area contributed by atoms with Gasteiger partial charge < -0.3 is 14.8 Å². The largest absolute Gasteiger partial charge is 0.382 e. The summed E-state index contributed by atoms with van der Waals surface area (Å²) in [7, 11) is 1.67. The zero-order chi connectivity index (χ0) is 15.1. The van der Waals surface area contributed by atoms with Gasteiger partial charge in [-0.3, -0.25) is 5.10 Å². The highest BCUT2D eigenvalue weighted by Crippen LogP contribution is 2.15. The summed E-state index contributed by atoms with van der Waals surface area (Å²) >= 11 is 0. The van der Waals surface area contributed by atoms with Gasteiger partial charge in [-0.1, -0.05) is 12.1 Å². The highest BCUT2D eigenvalue weighted by atomic mass is 16.5. The van der Waals surface area contributed by atoms with Crippen LogP contribution in [-0.4, -0.2) is 30.5 Å². The number of methoxy groups -OCH3 is 1. The maximum absolute atomic E-state index is 5.54. The molecule has 0 unspecified atom stereocenters. The summed E-state index contributed by atoms with van der Waals surface area (Å²) in [6, 6.07) is 8.26. The number of hydrogen-bond donors (Lipinski definition) is 2. The monoisotopic (exact) mass is 289 g/mol. The number of ether oxygens (including phenoxy) is 2.